The highest BCUT2D eigenvalue weighted by Gasteiger charge is 2.28. The molecule has 0 heterocycles. The number of fused-ring (bicyclic) bond motifs is 1. The van der Waals surface area contributed by atoms with Crippen molar-refractivity contribution < 1.29 is 4.79 Å². The second-order valence-corrected chi connectivity index (χ2v) is 5.97. The number of carbonyl (C=O) groups excluding carboxylic acids is 1. The number of hydrogen-bond donors (Lipinski definition) is 0. The summed E-state index contributed by atoms with van der Waals surface area (Å²) >= 11 is 3.54. The highest BCUT2D eigenvalue weighted by Crippen LogP contribution is 2.31. The first-order valence-corrected chi connectivity index (χ1v) is 7.32. The normalized spacial score (nSPS) is 14.4. The van der Waals surface area contributed by atoms with Crippen LogP contribution in [0.15, 0.2) is 46.9 Å². The van der Waals surface area contributed by atoms with Crippen molar-refractivity contribution in [1.82, 2.24) is 0 Å². The van der Waals surface area contributed by atoms with Crippen LogP contribution in [0.1, 0.15) is 27.0 Å². The van der Waals surface area contributed by atoms with Gasteiger partial charge in [0, 0.05) is 16.0 Å². The third-order valence-electron chi connectivity index (χ3n) is 3.88. The Morgan fingerprint density at radius 2 is 1.68 bits per heavy atom. The van der Waals surface area contributed by atoms with Crippen LogP contribution < -0.4 is 0 Å². The summed E-state index contributed by atoms with van der Waals surface area (Å²) < 4.78 is 0.941. The summed E-state index contributed by atoms with van der Waals surface area (Å²) in [5, 5.41) is 0. The van der Waals surface area contributed by atoms with Crippen LogP contribution in [0.2, 0.25) is 0 Å². The molecule has 3 rings (SSSR count). The Hall–Kier alpha value is -1.41. The first-order valence-electron chi connectivity index (χ1n) is 6.53. The summed E-state index contributed by atoms with van der Waals surface area (Å²) in [4.78, 5) is 12.7. The van der Waals surface area contributed by atoms with Crippen molar-refractivity contribution >= 4 is 21.7 Å². The molecule has 0 saturated carbocycles. The first kappa shape index (κ1) is 12.6. The number of aryl methyl sites for hydroxylation is 1. The maximum absolute atomic E-state index is 12.7. The number of ketones is 1. The zero-order valence-corrected chi connectivity index (χ0v) is 12.4. The lowest BCUT2D eigenvalue weighted by Crippen LogP contribution is -2.15. The van der Waals surface area contributed by atoms with Crippen LogP contribution in [0.5, 0.6) is 0 Å². The van der Waals surface area contributed by atoms with E-state index in [1.165, 1.54) is 11.1 Å². The van der Waals surface area contributed by atoms with Crippen LogP contribution in [0.4, 0.5) is 0 Å². The Labute approximate surface area is 121 Å². The fourth-order valence-electron chi connectivity index (χ4n) is 2.80. The Kier molecular flexibility index (Phi) is 3.28. The third-order valence-corrected chi connectivity index (χ3v) is 4.93. The molecule has 0 saturated heterocycles. The van der Waals surface area contributed by atoms with E-state index in [2.05, 4.69) is 28.1 Å². The van der Waals surface area contributed by atoms with E-state index in [1.807, 2.05) is 37.3 Å². The van der Waals surface area contributed by atoms with Gasteiger partial charge in [-0.2, -0.15) is 0 Å². The maximum Gasteiger partial charge on any atom is 0.167 e. The van der Waals surface area contributed by atoms with Gasteiger partial charge in [-0.15, -0.1) is 0 Å². The van der Waals surface area contributed by atoms with Gasteiger partial charge in [0.05, 0.1) is 0 Å². The van der Waals surface area contributed by atoms with Crippen LogP contribution in [-0.2, 0) is 12.8 Å². The van der Waals surface area contributed by atoms with Crippen molar-refractivity contribution in [3.63, 3.8) is 0 Å². The molecular weight excluding hydrogens is 300 g/mol. The third kappa shape index (κ3) is 2.25. The fourth-order valence-corrected chi connectivity index (χ4v) is 3.26. The molecule has 0 fully saturated rings. The van der Waals surface area contributed by atoms with Gasteiger partial charge in [-0.05, 0) is 52.4 Å². The molecule has 0 aromatic heterocycles. The molecule has 0 N–H and O–H groups in total. The van der Waals surface area contributed by atoms with Crippen LogP contribution >= 0.6 is 15.9 Å². The molecular formula is C17H15BrO. The van der Waals surface area contributed by atoms with Gasteiger partial charge < -0.3 is 0 Å². The predicted octanol–water partition coefficient (Wildman–Crippen LogP) is 4.36. The molecule has 2 aromatic carbocycles. The van der Waals surface area contributed by atoms with E-state index in [0.717, 1.165) is 28.4 Å². The number of hydrogen-bond acceptors (Lipinski definition) is 1. The topological polar surface area (TPSA) is 17.1 Å². The molecule has 0 radical (unpaired) electrons. The summed E-state index contributed by atoms with van der Waals surface area (Å²) in [5.74, 6) is 0.349. The largest absolute Gasteiger partial charge is 0.294 e. The number of rotatable bonds is 2. The SMILES string of the molecule is Cc1cccc(C(=O)C2Cc3ccccc3C2)c1Br. The molecule has 0 bridgehead atoms. The van der Waals surface area contributed by atoms with E-state index in [-0.39, 0.29) is 11.7 Å². The quantitative estimate of drug-likeness (QED) is 0.753. The zero-order chi connectivity index (χ0) is 13.4. The summed E-state index contributed by atoms with van der Waals surface area (Å²) in [6.07, 6.45) is 1.74. The molecule has 0 spiro atoms. The molecule has 96 valence electrons. The summed E-state index contributed by atoms with van der Waals surface area (Å²) in [7, 11) is 0. The van der Waals surface area contributed by atoms with E-state index in [0.29, 0.717) is 0 Å². The Balaban J connectivity index is 1.89. The predicted molar refractivity (Wildman–Crippen MR) is 80.5 cm³/mol. The molecule has 1 nitrogen and oxygen atoms in total. The highest BCUT2D eigenvalue weighted by atomic mass is 79.9. The molecule has 2 aromatic rings. The molecule has 2 heteroatoms. The average molecular weight is 315 g/mol. The molecule has 0 amide bonds. The molecule has 0 atom stereocenters. The van der Waals surface area contributed by atoms with Gasteiger partial charge in [0.1, 0.15) is 0 Å². The average Bonchev–Trinajstić information content (AvgIpc) is 2.85. The van der Waals surface area contributed by atoms with Gasteiger partial charge in [0.15, 0.2) is 5.78 Å². The van der Waals surface area contributed by atoms with E-state index >= 15 is 0 Å². The molecule has 0 aliphatic heterocycles. The van der Waals surface area contributed by atoms with Crippen molar-refractivity contribution in [2.75, 3.05) is 0 Å². The zero-order valence-electron chi connectivity index (χ0n) is 10.8. The summed E-state index contributed by atoms with van der Waals surface area (Å²) in [6, 6.07) is 14.3. The lowest BCUT2D eigenvalue weighted by atomic mass is 9.94. The minimum absolute atomic E-state index is 0.0931. The van der Waals surface area contributed by atoms with Gasteiger partial charge in [0.25, 0.3) is 0 Å². The van der Waals surface area contributed by atoms with Crippen molar-refractivity contribution in [3.05, 3.63) is 69.2 Å². The van der Waals surface area contributed by atoms with Gasteiger partial charge in [0.2, 0.25) is 0 Å². The minimum atomic E-state index is 0.0931. The van der Waals surface area contributed by atoms with E-state index < -0.39 is 0 Å². The van der Waals surface area contributed by atoms with Crippen LogP contribution in [0, 0.1) is 12.8 Å². The van der Waals surface area contributed by atoms with E-state index in [4.69, 9.17) is 0 Å². The summed E-state index contributed by atoms with van der Waals surface area (Å²) in [6.45, 7) is 2.02. The Morgan fingerprint density at radius 1 is 1.05 bits per heavy atom. The van der Waals surface area contributed by atoms with Crippen molar-refractivity contribution in [1.29, 1.82) is 0 Å². The van der Waals surface area contributed by atoms with Crippen molar-refractivity contribution in [2.24, 2.45) is 5.92 Å². The molecule has 19 heavy (non-hydrogen) atoms. The molecule has 1 aliphatic rings. The van der Waals surface area contributed by atoms with Crippen LogP contribution in [0.25, 0.3) is 0 Å². The molecule has 0 unspecified atom stereocenters. The monoisotopic (exact) mass is 314 g/mol. The minimum Gasteiger partial charge on any atom is -0.294 e. The molecule has 1 aliphatic carbocycles. The van der Waals surface area contributed by atoms with Gasteiger partial charge in [-0.3, -0.25) is 4.79 Å². The Morgan fingerprint density at radius 3 is 2.32 bits per heavy atom. The number of carbonyl (C=O) groups is 1. The lowest BCUT2D eigenvalue weighted by molar-refractivity contribution is 0.0924. The van der Waals surface area contributed by atoms with Crippen LogP contribution in [0.3, 0.4) is 0 Å². The smallest absolute Gasteiger partial charge is 0.167 e. The highest BCUT2D eigenvalue weighted by molar-refractivity contribution is 9.10. The van der Waals surface area contributed by atoms with Gasteiger partial charge >= 0.3 is 0 Å². The van der Waals surface area contributed by atoms with Gasteiger partial charge in [-0.25, -0.2) is 0 Å². The fraction of sp³-hybridized carbons (Fsp3) is 0.235. The summed E-state index contributed by atoms with van der Waals surface area (Å²) in [5.41, 5.74) is 4.58. The lowest BCUT2D eigenvalue weighted by Gasteiger charge is -2.11. The maximum atomic E-state index is 12.7. The van der Waals surface area contributed by atoms with Crippen molar-refractivity contribution in [2.45, 2.75) is 19.8 Å². The van der Waals surface area contributed by atoms with Gasteiger partial charge in [-0.1, -0.05) is 42.5 Å². The van der Waals surface area contributed by atoms with E-state index in [1.54, 1.807) is 0 Å². The van der Waals surface area contributed by atoms with Crippen molar-refractivity contribution in [3.8, 4) is 0 Å². The standard InChI is InChI=1S/C17H15BrO/c1-11-5-4-8-15(16(11)18)17(19)14-9-12-6-2-3-7-13(12)10-14/h2-8,14H,9-10H2,1H3. The Bertz CT molecular complexity index is 620. The number of halogens is 1. The van der Waals surface area contributed by atoms with E-state index in [9.17, 15) is 4.79 Å². The number of benzene rings is 2. The first-order chi connectivity index (χ1) is 9.16. The van der Waals surface area contributed by atoms with Crippen LogP contribution in [-0.4, -0.2) is 5.78 Å². The second kappa shape index (κ2) is 4.93. The number of Topliss-reactive ketones (excluding diaryl/α,β-unsaturated/α-hetero) is 1. The second-order valence-electron chi connectivity index (χ2n) is 5.17.